The minimum atomic E-state index is -3.80. The third-order valence-electron chi connectivity index (χ3n) is 2.40. The molecule has 5 nitrogen and oxygen atoms in total. The average Bonchev–Trinajstić information content (AvgIpc) is 2.43. The van der Waals surface area contributed by atoms with Gasteiger partial charge in [-0.2, -0.15) is 0 Å². The zero-order chi connectivity index (χ0) is 18.7. The van der Waals surface area contributed by atoms with Crippen LogP contribution < -0.4 is 5.14 Å². The van der Waals surface area contributed by atoms with Crippen LogP contribution in [0.1, 0.15) is 0 Å². The third kappa shape index (κ3) is 5.93. The number of sulfonamides is 1. The van der Waals surface area contributed by atoms with Gasteiger partial charge < -0.3 is 0 Å². The number of nitrogens with two attached hydrogens (primary N) is 1. The van der Waals surface area contributed by atoms with Crippen LogP contribution in [0.2, 0.25) is 20.1 Å². The number of hydrogen-bond acceptors (Lipinski definition) is 4. The summed E-state index contributed by atoms with van der Waals surface area (Å²) in [6.07, 6.45) is 0. The van der Waals surface area contributed by atoms with Crippen molar-refractivity contribution in [2.24, 2.45) is 5.14 Å². The molecule has 2 aromatic rings. The number of halogens is 5. The second-order valence-electron chi connectivity index (χ2n) is 4.09. The first-order valence-electron chi connectivity index (χ1n) is 5.71. The van der Waals surface area contributed by atoms with Crippen LogP contribution in [-0.2, 0) is 19.1 Å². The van der Waals surface area contributed by atoms with E-state index in [-0.39, 0.29) is 29.9 Å². The molecule has 2 rings (SSSR count). The van der Waals surface area contributed by atoms with E-state index in [9.17, 15) is 16.8 Å². The maximum atomic E-state index is 10.8. The summed E-state index contributed by atoms with van der Waals surface area (Å²) in [5.41, 5.74) is 0. The highest BCUT2D eigenvalue weighted by atomic mass is 35.7. The van der Waals surface area contributed by atoms with Crippen molar-refractivity contribution in [3.63, 3.8) is 0 Å². The van der Waals surface area contributed by atoms with Gasteiger partial charge in [-0.3, -0.25) is 0 Å². The van der Waals surface area contributed by atoms with Crippen LogP contribution in [0, 0.1) is 0 Å². The lowest BCUT2D eigenvalue weighted by atomic mass is 10.4. The number of primary sulfonamides is 1. The average molecular weight is 472 g/mol. The van der Waals surface area contributed by atoms with Crippen molar-refractivity contribution < 1.29 is 16.8 Å². The molecule has 2 N–H and O–H groups in total. The van der Waals surface area contributed by atoms with Crippen LogP contribution in [0.25, 0.3) is 0 Å². The molecule has 0 heterocycles. The van der Waals surface area contributed by atoms with Crippen molar-refractivity contribution in [1.82, 2.24) is 0 Å². The van der Waals surface area contributed by atoms with E-state index in [1.54, 1.807) is 0 Å². The molecule has 0 radical (unpaired) electrons. The molecular weight excluding hydrogens is 464 g/mol. The fourth-order valence-electron chi connectivity index (χ4n) is 1.38. The van der Waals surface area contributed by atoms with Crippen molar-refractivity contribution in [2.45, 2.75) is 9.79 Å². The molecule has 0 saturated heterocycles. The van der Waals surface area contributed by atoms with E-state index in [0.29, 0.717) is 0 Å². The standard InChI is InChI=1S/C6H3Cl3O2S.C6H5Cl2NO2S/c2*7-4-2-1-3-5(6(4)8)12(9,10)11/h1-3H;1-3H,(H2,9,10,11). The molecule has 0 spiro atoms. The Labute approximate surface area is 163 Å². The zero-order valence-electron chi connectivity index (χ0n) is 11.4. The Kier molecular flexibility index (Phi) is 7.65. The van der Waals surface area contributed by atoms with Crippen LogP contribution in [0.15, 0.2) is 46.2 Å². The molecule has 0 fully saturated rings. The van der Waals surface area contributed by atoms with Crippen molar-refractivity contribution in [3.05, 3.63) is 56.5 Å². The van der Waals surface area contributed by atoms with Gasteiger partial charge in [0.25, 0.3) is 9.05 Å². The largest absolute Gasteiger partial charge is 0.262 e. The highest BCUT2D eigenvalue weighted by Gasteiger charge is 2.16. The lowest BCUT2D eigenvalue weighted by molar-refractivity contribution is 0.597. The Balaban J connectivity index is 0.000000240. The molecule has 0 aliphatic heterocycles. The number of rotatable bonds is 2. The zero-order valence-corrected chi connectivity index (χ0v) is 16.8. The summed E-state index contributed by atoms with van der Waals surface area (Å²) in [4.78, 5) is -0.324. The summed E-state index contributed by atoms with van der Waals surface area (Å²) in [6, 6.07) is 8.48. The fourth-order valence-corrected chi connectivity index (χ4v) is 4.41. The molecule has 0 atom stereocenters. The summed E-state index contributed by atoms with van der Waals surface area (Å²) >= 11 is 22.3. The molecule has 0 amide bonds. The molecule has 0 unspecified atom stereocenters. The van der Waals surface area contributed by atoms with E-state index in [1.807, 2.05) is 0 Å². The lowest BCUT2D eigenvalue weighted by Gasteiger charge is -2.01. The van der Waals surface area contributed by atoms with Gasteiger partial charge in [-0.1, -0.05) is 58.5 Å². The maximum absolute atomic E-state index is 10.8. The van der Waals surface area contributed by atoms with Crippen molar-refractivity contribution >= 4 is 76.2 Å². The molecule has 0 saturated carbocycles. The molecule has 0 aliphatic rings. The van der Waals surface area contributed by atoms with Gasteiger partial charge >= 0.3 is 0 Å². The van der Waals surface area contributed by atoms with Crippen molar-refractivity contribution in [2.75, 3.05) is 0 Å². The summed E-state index contributed by atoms with van der Waals surface area (Å²) < 4.78 is 43.3. The van der Waals surface area contributed by atoms with Crippen LogP contribution in [0.3, 0.4) is 0 Å². The van der Waals surface area contributed by atoms with Crippen molar-refractivity contribution in [1.29, 1.82) is 0 Å². The maximum Gasteiger partial charge on any atom is 0.262 e. The minimum absolute atomic E-state index is 0.0401. The predicted octanol–water partition coefficient (Wildman–Crippen LogP) is 4.56. The molecule has 2 aromatic carbocycles. The first kappa shape index (κ1) is 21.8. The Morgan fingerprint density at radius 3 is 1.38 bits per heavy atom. The molecule has 0 aromatic heterocycles. The van der Waals surface area contributed by atoms with Gasteiger partial charge in [-0.25, -0.2) is 22.0 Å². The Bertz CT molecular complexity index is 882. The summed E-state index contributed by atoms with van der Waals surface area (Å²) in [5.74, 6) is 0. The van der Waals surface area contributed by atoms with E-state index >= 15 is 0 Å². The van der Waals surface area contributed by atoms with Gasteiger partial charge in [0.1, 0.15) is 9.79 Å². The molecule has 0 bridgehead atoms. The van der Waals surface area contributed by atoms with Gasteiger partial charge in [0, 0.05) is 10.7 Å². The quantitative estimate of drug-likeness (QED) is 0.650. The van der Waals surface area contributed by atoms with E-state index in [4.69, 9.17) is 62.2 Å². The second kappa shape index (κ2) is 8.42. The Morgan fingerprint density at radius 2 is 1.08 bits per heavy atom. The van der Waals surface area contributed by atoms with Gasteiger partial charge in [-0.05, 0) is 24.3 Å². The third-order valence-corrected chi connectivity index (χ3v) is 6.58. The first-order chi connectivity index (χ1) is 10.9. The molecule has 132 valence electrons. The smallest absolute Gasteiger partial charge is 0.225 e. The van der Waals surface area contributed by atoms with E-state index in [1.165, 1.54) is 36.4 Å². The van der Waals surface area contributed by atoms with E-state index in [0.717, 1.165) is 0 Å². The second-order valence-corrected chi connectivity index (χ2v) is 9.72. The number of hydrogen-bond donors (Lipinski definition) is 1. The first-order valence-corrected chi connectivity index (χ1v) is 11.1. The van der Waals surface area contributed by atoms with Gasteiger partial charge in [-0.15, -0.1) is 0 Å². The lowest BCUT2D eigenvalue weighted by Crippen LogP contribution is -2.12. The molecular formula is C12H8Cl5NO4S2. The topological polar surface area (TPSA) is 94.3 Å². The number of benzene rings is 2. The molecule has 12 heteroatoms. The molecule has 0 aliphatic carbocycles. The Hall–Kier alpha value is -0.250. The summed E-state index contributed by atoms with van der Waals surface area (Å²) in [7, 11) is -2.51. The fraction of sp³-hybridized carbons (Fsp3) is 0. The van der Waals surface area contributed by atoms with Gasteiger partial charge in [0.15, 0.2) is 0 Å². The van der Waals surface area contributed by atoms with Gasteiger partial charge in [0.05, 0.1) is 20.1 Å². The monoisotopic (exact) mass is 469 g/mol. The van der Waals surface area contributed by atoms with Gasteiger partial charge in [0.2, 0.25) is 10.0 Å². The highest BCUT2D eigenvalue weighted by Crippen LogP contribution is 2.30. The summed E-state index contributed by atoms with van der Waals surface area (Å²) in [6.45, 7) is 0. The van der Waals surface area contributed by atoms with Crippen LogP contribution in [0.5, 0.6) is 0 Å². The SMILES string of the molecule is NS(=O)(=O)c1cccc(Cl)c1Cl.O=S(=O)(Cl)c1cccc(Cl)c1Cl. The molecule has 24 heavy (non-hydrogen) atoms. The van der Waals surface area contributed by atoms with Crippen LogP contribution in [-0.4, -0.2) is 16.8 Å². The highest BCUT2D eigenvalue weighted by molar-refractivity contribution is 8.13. The minimum Gasteiger partial charge on any atom is -0.225 e. The summed E-state index contributed by atoms with van der Waals surface area (Å²) in [5, 5.41) is 5.10. The van der Waals surface area contributed by atoms with Crippen molar-refractivity contribution in [3.8, 4) is 0 Å². The van der Waals surface area contributed by atoms with E-state index < -0.39 is 19.1 Å². The predicted molar refractivity (Wildman–Crippen MR) is 97.3 cm³/mol. The Morgan fingerprint density at radius 1 is 0.708 bits per heavy atom. The van der Waals surface area contributed by atoms with Crippen LogP contribution in [0.4, 0.5) is 0 Å². The normalized spacial score (nSPS) is 11.6. The van der Waals surface area contributed by atoms with E-state index in [2.05, 4.69) is 0 Å². The van der Waals surface area contributed by atoms with Crippen LogP contribution >= 0.6 is 57.1 Å².